The Morgan fingerprint density at radius 2 is 1.94 bits per heavy atom. The molecule has 0 aromatic heterocycles. The highest BCUT2D eigenvalue weighted by Gasteiger charge is 2.41. The van der Waals surface area contributed by atoms with Gasteiger partial charge in [0.2, 0.25) is 5.91 Å². The molecule has 1 aliphatic heterocycles. The molecule has 1 amide bonds. The molecule has 1 saturated heterocycles. The molecule has 2 fully saturated rings. The second-order valence-electron chi connectivity index (χ2n) is 5.37. The molecule has 5 heteroatoms. The van der Waals surface area contributed by atoms with Crippen LogP contribution >= 0.6 is 0 Å². The molecular formula is C12H20N2O3. The Balaban J connectivity index is 2.00. The van der Waals surface area contributed by atoms with Gasteiger partial charge in [0.1, 0.15) is 0 Å². The molecule has 17 heavy (non-hydrogen) atoms. The first-order valence-corrected chi connectivity index (χ1v) is 6.28. The number of carboxylic acids is 1. The van der Waals surface area contributed by atoms with Crippen LogP contribution in [0, 0.1) is 17.8 Å². The maximum absolute atomic E-state index is 12.2. The summed E-state index contributed by atoms with van der Waals surface area (Å²) in [6.07, 6.45) is 2.76. The van der Waals surface area contributed by atoms with Crippen molar-refractivity contribution in [3.63, 3.8) is 0 Å². The second kappa shape index (κ2) is 4.64. The lowest BCUT2D eigenvalue weighted by Crippen LogP contribution is -2.41. The number of nitrogens with zero attached hydrogens (tertiary/aromatic N) is 1. The number of hydrogen-bond donors (Lipinski definition) is 2. The van der Waals surface area contributed by atoms with Crippen molar-refractivity contribution < 1.29 is 14.7 Å². The molecule has 0 spiro atoms. The fourth-order valence-corrected chi connectivity index (χ4v) is 3.00. The van der Waals surface area contributed by atoms with Gasteiger partial charge in [-0.25, -0.2) is 0 Å². The topological polar surface area (TPSA) is 83.6 Å². The van der Waals surface area contributed by atoms with Crippen molar-refractivity contribution in [2.24, 2.45) is 23.5 Å². The standard InChI is InChI=1S/C12H20N2O3/c1-7-5-14(6-9(7)12(16)17)11(15)8-3-2-4-10(8)13/h7-10H,2-6,13H2,1H3,(H,16,17)/t7-,8?,9-,10?/m1/s1. The van der Waals surface area contributed by atoms with Gasteiger partial charge in [0.15, 0.2) is 0 Å². The number of nitrogens with two attached hydrogens (primary N) is 1. The summed E-state index contributed by atoms with van der Waals surface area (Å²) >= 11 is 0. The highest BCUT2D eigenvalue weighted by molar-refractivity contribution is 5.81. The molecule has 0 radical (unpaired) electrons. The summed E-state index contributed by atoms with van der Waals surface area (Å²) in [6.45, 7) is 2.79. The van der Waals surface area contributed by atoms with Gasteiger partial charge in [-0.3, -0.25) is 9.59 Å². The predicted octanol–water partition coefficient (Wildman–Crippen LogP) is 0.293. The van der Waals surface area contributed by atoms with E-state index in [2.05, 4.69) is 0 Å². The monoisotopic (exact) mass is 240 g/mol. The number of carbonyl (C=O) groups excluding carboxylic acids is 1. The van der Waals surface area contributed by atoms with Gasteiger partial charge in [-0.1, -0.05) is 13.3 Å². The molecule has 96 valence electrons. The number of aliphatic carboxylic acids is 1. The first kappa shape index (κ1) is 12.4. The lowest BCUT2D eigenvalue weighted by Gasteiger charge is -2.22. The maximum Gasteiger partial charge on any atom is 0.308 e. The zero-order valence-corrected chi connectivity index (χ0v) is 10.1. The van der Waals surface area contributed by atoms with E-state index in [4.69, 9.17) is 10.8 Å². The van der Waals surface area contributed by atoms with Gasteiger partial charge in [0.25, 0.3) is 0 Å². The fourth-order valence-electron chi connectivity index (χ4n) is 3.00. The van der Waals surface area contributed by atoms with Crippen LogP contribution in [0.25, 0.3) is 0 Å². The maximum atomic E-state index is 12.2. The minimum Gasteiger partial charge on any atom is -0.481 e. The predicted molar refractivity (Wildman–Crippen MR) is 62.2 cm³/mol. The Morgan fingerprint density at radius 3 is 2.41 bits per heavy atom. The van der Waals surface area contributed by atoms with E-state index >= 15 is 0 Å². The smallest absolute Gasteiger partial charge is 0.308 e. The van der Waals surface area contributed by atoms with Crippen molar-refractivity contribution in [3.05, 3.63) is 0 Å². The minimum atomic E-state index is -0.802. The summed E-state index contributed by atoms with van der Waals surface area (Å²) in [4.78, 5) is 24.9. The van der Waals surface area contributed by atoms with E-state index in [1.807, 2.05) is 6.92 Å². The summed E-state index contributed by atoms with van der Waals surface area (Å²) in [5.74, 6) is -1.21. The molecule has 2 aliphatic rings. The summed E-state index contributed by atoms with van der Waals surface area (Å²) in [6, 6.07) is -0.0401. The van der Waals surface area contributed by atoms with E-state index in [0.29, 0.717) is 13.1 Å². The molecule has 4 atom stereocenters. The van der Waals surface area contributed by atoms with Gasteiger partial charge in [-0.05, 0) is 18.8 Å². The van der Waals surface area contributed by atoms with Crippen LogP contribution in [0.4, 0.5) is 0 Å². The van der Waals surface area contributed by atoms with E-state index < -0.39 is 11.9 Å². The zero-order chi connectivity index (χ0) is 12.6. The minimum absolute atomic E-state index is 0.0362. The van der Waals surface area contributed by atoms with Crippen LogP contribution in [-0.2, 0) is 9.59 Å². The molecule has 1 aliphatic carbocycles. The van der Waals surface area contributed by atoms with E-state index in [0.717, 1.165) is 19.3 Å². The number of hydrogen-bond acceptors (Lipinski definition) is 3. The van der Waals surface area contributed by atoms with Gasteiger partial charge in [-0.2, -0.15) is 0 Å². The second-order valence-corrected chi connectivity index (χ2v) is 5.37. The molecule has 5 nitrogen and oxygen atoms in total. The molecule has 0 bridgehead atoms. The van der Waals surface area contributed by atoms with Crippen LogP contribution in [0.15, 0.2) is 0 Å². The van der Waals surface area contributed by atoms with Gasteiger partial charge in [0, 0.05) is 19.1 Å². The summed E-state index contributed by atoms with van der Waals surface area (Å²) < 4.78 is 0. The van der Waals surface area contributed by atoms with Crippen LogP contribution in [0.2, 0.25) is 0 Å². The van der Waals surface area contributed by atoms with Gasteiger partial charge in [-0.15, -0.1) is 0 Å². The summed E-state index contributed by atoms with van der Waals surface area (Å²) in [7, 11) is 0. The Bertz CT molecular complexity index is 332. The molecule has 2 rings (SSSR count). The molecule has 1 saturated carbocycles. The van der Waals surface area contributed by atoms with E-state index in [1.54, 1.807) is 4.90 Å². The Labute approximate surface area is 101 Å². The van der Waals surface area contributed by atoms with Crippen molar-refractivity contribution in [2.75, 3.05) is 13.1 Å². The largest absolute Gasteiger partial charge is 0.481 e. The van der Waals surface area contributed by atoms with Crippen molar-refractivity contribution in [2.45, 2.75) is 32.2 Å². The fraction of sp³-hybridized carbons (Fsp3) is 0.833. The van der Waals surface area contributed by atoms with Crippen molar-refractivity contribution >= 4 is 11.9 Å². The Morgan fingerprint density at radius 1 is 1.24 bits per heavy atom. The van der Waals surface area contributed by atoms with Crippen molar-refractivity contribution in [3.8, 4) is 0 Å². The van der Waals surface area contributed by atoms with Crippen LogP contribution in [0.5, 0.6) is 0 Å². The summed E-state index contributed by atoms with van der Waals surface area (Å²) in [5, 5.41) is 9.04. The number of rotatable bonds is 2. The third-order valence-corrected chi connectivity index (χ3v) is 4.13. The average molecular weight is 240 g/mol. The highest BCUT2D eigenvalue weighted by atomic mass is 16.4. The first-order valence-electron chi connectivity index (χ1n) is 6.28. The Hall–Kier alpha value is -1.10. The van der Waals surface area contributed by atoms with Crippen LogP contribution < -0.4 is 5.73 Å². The normalized spacial score (nSPS) is 37.4. The lowest BCUT2D eigenvalue weighted by atomic mass is 9.99. The number of carbonyl (C=O) groups is 2. The number of carboxylic acid groups (broad SMARTS) is 1. The van der Waals surface area contributed by atoms with Gasteiger partial charge in [0.05, 0.1) is 11.8 Å². The van der Waals surface area contributed by atoms with Crippen molar-refractivity contribution in [1.29, 1.82) is 0 Å². The molecule has 1 heterocycles. The highest BCUT2D eigenvalue weighted by Crippen LogP contribution is 2.30. The van der Waals surface area contributed by atoms with Crippen LogP contribution in [0.1, 0.15) is 26.2 Å². The quantitative estimate of drug-likeness (QED) is 0.726. The zero-order valence-electron chi connectivity index (χ0n) is 10.1. The van der Waals surface area contributed by atoms with Crippen LogP contribution in [0.3, 0.4) is 0 Å². The third-order valence-electron chi connectivity index (χ3n) is 4.13. The first-order chi connectivity index (χ1) is 8.00. The SMILES string of the molecule is C[C@@H]1CN(C(=O)C2CCCC2N)C[C@H]1C(=O)O. The lowest BCUT2D eigenvalue weighted by molar-refractivity contribution is -0.142. The van der Waals surface area contributed by atoms with E-state index in [-0.39, 0.29) is 23.8 Å². The molecular weight excluding hydrogens is 220 g/mol. The summed E-state index contributed by atoms with van der Waals surface area (Å²) in [5.41, 5.74) is 5.91. The molecule has 2 unspecified atom stereocenters. The number of amides is 1. The van der Waals surface area contributed by atoms with Gasteiger partial charge < -0.3 is 15.7 Å². The third kappa shape index (κ3) is 2.29. The van der Waals surface area contributed by atoms with E-state index in [9.17, 15) is 9.59 Å². The van der Waals surface area contributed by atoms with Gasteiger partial charge >= 0.3 is 5.97 Å². The molecule has 0 aromatic rings. The average Bonchev–Trinajstić information content (AvgIpc) is 2.83. The van der Waals surface area contributed by atoms with Crippen molar-refractivity contribution in [1.82, 2.24) is 4.90 Å². The van der Waals surface area contributed by atoms with Crippen LogP contribution in [-0.4, -0.2) is 41.0 Å². The molecule has 3 N–H and O–H groups in total. The Kier molecular flexibility index (Phi) is 3.38. The number of likely N-dealkylation sites (tertiary alicyclic amines) is 1. The van der Waals surface area contributed by atoms with E-state index in [1.165, 1.54) is 0 Å². The molecule has 0 aromatic carbocycles.